The molecule has 0 saturated carbocycles. The van der Waals surface area contributed by atoms with Crippen LogP contribution >= 0.6 is 0 Å². The van der Waals surface area contributed by atoms with Crippen molar-refractivity contribution in [1.82, 2.24) is 15.1 Å². The molecule has 3 nitrogen and oxygen atoms in total. The fourth-order valence-electron chi connectivity index (χ4n) is 3.03. The van der Waals surface area contributed by atoms with Gasteiger partial charge in [0.2, 0.25) is 0 Å². The van der Waals surface area contributed by atoms with E-state index in [-0.39, 0.29) is 0 Å². The monoisotopic (exact) mass is 225 g/mol. The van der Waals surface area contributed by atoms with Crippen molar-refractivity contribution in [2.75, 3.05) is 45.8 Å². The molecule has 2 aliphatic heterocycles. The number of piperazine rings is 1. The summed E-state index contributed by atoms with van der Waals surface area (Å²) in [7, 11) is 0. The first-order valence-electron chi connectivity index (χ1n) is 6.93. The average molecular weight is 225 g/mol. The third kappa shape index (κ3) is 3.44. The van der Waals surface area contributed by atoms with Crippen molar-refractivity contribution in [3.05, 3.63) is 0 Å². The van der Waals surface area contributed by atoms with Crippen LogP contribution in [0.15, 0.2) is 0 Å². The molecule has 3 heteroatoms. The van der Waals surface area contributed by atoms with Crippen molar-refractivity contribution in [2.45, 2.75) is 32.7 Å². The van der Waals surface area contributed by atoms with Crippen LogP contribution in [-0.4, -0.2) is 61.7 Å². The Bertz CT molecular complexity index is 191. The summed E-state index contributed by atoms with van der Waals surface area (Å²) in [4.78, 5) is 5.34. The fraction of sp³-hybridized carbons (Fsp3) is 1.00. The number of likely N-dealkylation sites (tertiary alicyclic amines) is 1. The first-order chi connectivity index (χ1) is 7.75. The van der Waals surface area contributed by atoms with Crippen molar-refractivity contribution in [3.63, 3.8) is 0 Å². The lowest BCUT2D eigenvalue weighted by molar-refractivity contribution is 0.0926. The molecule has 0 aromatic carbocycles. The van der Waals surface area contributed by atoms with Gasteiger partial charge in [-0.1, -0.05) is 13.8 Å². The Hall–Kier alpha value is -0.120. The predicted molar refractivity (Wildman–Crippen MR) is 68.7 cm³/mol. The van der Waals surface area contributed by atoms with E-state index in [1.807, 2.05) is 0 Å². The molecule has 0 aromatic heterocycles. The number of piperidine rings is 1. The topological polar surface area (TPSA) is 18.5 Å². The highest BCUT2D eigenvalue weighted by atomic mass is 15.2. The molecule has 0 aromatic rings. The minimum atomic E-state index is 0.815. The number of nitrogens with one attached hydrogen (secondary N) is 1. The van der Waals surface area contributed by atoms with Gasteiger partial charge in [-0.25, -0.2) is 0 Å². The Morgan fingerprint density at radius 3 is 2.25 bits per heavy atom. The van der Waals surface area contributed by atoms with Crippen molar-refractivity contribution in [2.24, 2.45) is 5.92 Å². The van der Waals surface area contributed by atoms with Crippen LogP contribution in [0.1, 0.15) is 26.7 Å². The molecule has 0 radical (unpaired) electrons. The summed E-state index contributed by atoms with van der Waals surface area (Å²) in [6, 6.07) is 0.866. The Labute approximate surface area is 100 Å². The summed E-state index contributed by atoms with van der Waals surface area (Å²) >= 11 is 0. The van der Waals surface area contributed by atoms with Crippen LogP contribution in [0.5, 0.6) is 0 Å². The molecule has 0 amide bonds. The SMILES string of the molecule is CC(C)CN1CCC(N2CCNCC2)CC1. The van der Waals surface area contributed by atoms with Gasteiger partial charge in [0.1, 0.15) is 0 Å². The first kappa shape index (κ1) is 12.3. The molecule has 2 aliphatic rings. The van der Waals surface area contributed by atoms with Gasteiger partial charge in [-0.3, -0.25) is 4.90 Å². The molecule has 0 spiro atoms. The maximum Gasteiger partial charge on any atom is 0.0121 e. The minimum absolute atomic E-state index is 0.815. The zero-order valence-electron chi connectivity index (χ0n) is 10.9. The summed E-state index contributed by atoms with van der Waals surface area (Å²) in [6.07, 6.45) is 2.76. The molecular formula is C13H27N3. The smallest absolute Gasteiger partial charge is 0.0121 e. The summed E-state index contributed by atoms with van der Waals surface area (Å²) in [5.41, 5.74) is 0. The maximum atomic E-state index is 3.44. The number of hydrogen-bond acceptors (Lipinski definition) is 3. The second-order valence-electron chi connectivity index (χ2n) is 5.71. The fourth-order valence-corrected chi connectivity index (χ4v) is 3.03. The number of hydrogen-bond donors (Lipinski definition) is 1. The third-order valence-corrected chi connectivity index (χ3v) is 3.85. The van der Waals surface area contributed by atoms with E-state index < -0.39 is 0 Å². The molecule has 2 heterocycles. The molecule has 94 valence electrons. The van der Waals surface area contributed by atoms with Gasteiger partial charge in [-0.15, -0.1) is 0 Å². The van der Waals surface area contributed by atoms with Gasteiger partial charge in [-0.2, -0.15) is 0 Å². The van der Waals surface area contributed by atoms with E-state index >= 15 is 0 Å². The summed E-state index contributed by atoms with van der Waals surface area (Å²) in [5, 5.41) is 3.44. The second-order valence-corrected chi connectivity index (χ2v) is 5.71. The van der Waals surface area contributed by atoms with E-state index in [0.29, 0.717) is 0 Å². The molecule has 0 aliphatic carbocycles. The Morgan fingerprint density at radius 1 is 1.06 bits per heavy atom. The van der Waals surface area contributed by atoms with Crippen LogP contribution in [0, 0.1) is 5.92 Å². The van der Waals surface area contributed by atoms with Gasteiger partial charge in [0.05, 0.1) is 0 Å². The molecule has 16 heavy (non-hydrogen) atoms. The van der Waals surface area contributed by atoms with Crippen LogP contribution in [0.2, 0.25) is 0 Å². The van der Waals surface area contributed by atoms with E-state index in [2.05, 4.69) is 29.0 Å². The summed E-state index contributed by atoms with van der Waals surface area (Å²) in [5.74, 6) is 0.815. The highest BCUT2D eigenvalue weighted by molar-refractivity contribution is 4.82. The average Bonchev–Trinajstić information content (AvgIpc) is 2.30. The normalized spacial score (nSPS) is 26.4. The molecule has 0 unspecified atom stereocenters. The van der Waals surface area contributed by atoms with Crippen molar-refractivity contribution in [3.8, 4) is 0 Å². The predicted octanol–water partition coefficient (Wildman–Crippen LogP) is 1.01. The third-order valence-electron chi connectivity index (χ3n) is 3.85. The van der Waals surface area contributed by atoms with E-state index in [1.54, 1.807) is 0 Å². The lowest BCUT2D eigenvalue weighted by atomic mass is 10.0. The van der Waals surface area contributed by atoms with E-state index in [1.165, 1.54) is 58.7 Å². The van der Waals surface area contributed by atoms with Crippen molar-refractivity contribution < 1.29 is 0 Å². The van der Waals surface area contributed by atoms with Gasteiger partial charge in [-0.05, 0) is 31.8 Å². The molecule has 1 N–H and O–H groups in total. The highest BCUT2D eigenvalue weighted by Crippen LogP contribution is 2.17. The zero-order valence-corrected chi connectivity index (χ0v) is 10.9. The standard InChI is InChI=1S/C13H27N3/c1-12(2)11-15-7-3-13(4-8-15)16-9-5-14-6-10-16/h12-14H,3-11H2,1-2H3. The zero-order chi connectivity index (χ0) is 11.4. The van der Waals surface area contributed by atoms with Gasteiger partial charge >= 0.3 is 0 Å². The van der Waals surface area contributed by atoms with Crippen molar-refractivity contribution >= 4 is 0 Å². The molecule has 2 rings (SSSR count). The van der Waals surface area contributed by atoms with Crippen LogP contribution in [0.3, 0.4) is 0 Å². The molecule has 2 fully saturated rings. The number of nitrogens with zero attached hydrogens (tertiary/aromatic N) is 2. The lowest BCUT2D eigenvalue weighted by Gasteiger charge is -2.40. The van der Waals surface area contributed by atoms with Gasteiger partial charge in [0, 0.05) is 38.8 Å². The highest BCUT2D eigenvalue weighted by Gasteiger charge is 2.25. The van der Waals surface area contributed by atoms with Crippen LogP contribution in [0.25, 0.3) is 0 Å². The summed E-state index contributed by atoms with van der Waals surface area (Å²) < 4.78 is 0. The van der Waals surface area contributed by atoms with Crippen LogP contribution in [0.4, 0.5) is 0 Å². The summed E-state index contributed by atoms with van der Waals surface area (Å²) in [6.45, 7) is 13.4. The Morgan fingerprint density at radius 2 is 1.69 bits per heavy atom. The van der Waals surface area contributed by atoms with Crippen molar-refractivity contribution in [1.29, 1.82) is 0 Å². The van der Waals surface area contributed by atoms with Crippen LogP contribution in [-0.2, 0) is 0 Å². The van der Waals surface area contributed by atoms with E-state index in [9.17, 15) is 0 Å². The van der Waals surface area contributed by atoms with Gasteiger partial charge < -0.3 is 10.2 Å². The van der Waals surface area contributed by atoms with E-state index in [4.69, 9.17) is 0 Å². The molecule has 2 saturated heterocycles. The molecular weight excluding hydrogens is 198 g/mol. The maximum absolute atomic E-state index is 3.44. The lowest BCUT2D eigenvalue weighted by Crippen LogP contribution is -2.52. The first-order valence-corrected chi connectivity index (χ1v) is 6.93. The Kier molecular flexibility index (Phi) is 4.62. The number of rotatable bonds is 3. The quantitative estimate of drug-likeness (QED) is 0.773. The largest absolute Gasteiger partial charge is 0.314 e. The van der Waals surface area contributed by atoms with E-state index in [0.717, 1.165) is 12.0 Å². The molecule has 0 atom stereocenters. The minimum Gasteiger partial charge on any atom is -0.314 e. The second kappa shape index (κ2) is 5.99. The Balaban J connectivity index is 1.71. The molecule has 0 bridgehead atoms. The van der Waals surface area contributed by atoms with Gasteiger partial charge in [0.25, 0.3) is 0 Å². The van der Waals surface area contributed by atoms with Gasteiger partial charge in [0.15, 0.2) is 0 Å². The van der Waals surface area contributed by atoms with Crippen LogP contribution < -0.4 is 5.32 Å².